The van der Waals surface area contributed by atoms with Crippen LogP contribution in [0.2, 0.25) is 0 Å². The number of hydrogen-bond donors (Lipinski definition) is 3. The Morgan fingerprint density at radius 1 is 1.03 bits per heavy atom. The summed E-state index contributed by atoms with van der Waals surface area (Å²) >= 11 is 0. The normalized spacial score (nSPS) is 14.3. The summed E-state index contributed by atoms with van der Waals surface area (Å²) in [4.78, 5) is 28.1. The number of nitrogens with one attached hydrogen (secondary N) is 3. The summed E-state index contributed by atoms with van der Waals surface area (Å²) in [5.74, 6) is 0.792. The fourth-order valence-electron chi connectivity index (χ4n) is 3.69. The van der Waals surface area contributed by atoms with E-state index in [1.807, 2.05) is 53.4 Å². The van der Waals surface area contributed by atoms with Gasteiger partial charge in [0, 0.05) is 5.69 Å². The van der Waals surface area contributed by atoms with E-state index in [2.05, 4.69) is 17.6 Å². The molecule has 160 valence electrons. The molecule has 1 aliphatic rings. The number of carbonyl (C=O) groups excluding carboxylic acids is 2. The second-order valence-electron chi connectivity index (χ2n) is 7.42. The van der Waals surface area contributed by atoms with Crippen LogP contribution in [0.1, 0.15) is 12.5 Å². The van der Waals surface area contributed by atoms with E-state index in [0.717, 1.165) is 42.2 Å². The number of para-hydroxylation sites is 3. The van der Waals surface area contributed by atoms with Crippen molar-refractivity contribution in [1.29, 1.82) is 0 Å². The third kappa shape index (κ3) is 5.73. The Kier molecular flexibility index (Phi) is 7.68. The van der Waals surface area contributed by atoms with Gasteiger partial charge in [0.15, 0.2) is 6.54 Å². The summed E-state index contributed by atoms with van der Waals surface area (Å²) in [6.45, 7) is 5.56. The summed E-state index contributed by atoms with van der Waals surface area (Å²) in [6.07, 6.45) is 0.882. The van der Waals surface area contributed by atoms with E-state index in [-0.39, 0.29) is 18.4 Å². The number of ether oxygens (including phenoxy) is 1. The molecule has 30 heavy (non-hydrogen) atoms. The molecule has 7 heteroatoms. The lowest BCUT2D eigenvalue weighted by molar-refractivity contribution is -0.895. The largest absolute Gasteiger partial charge is 0.495 e. The highest BCUT2D eigenvalue weighted by molar-refractivity contribution is 5.92. The SMILES string of the molecule is CCc1ccccc1NC(=O)C[NH+]1CCN(C(=O)CNc2ccccc2OC)CC1. The van der Waals surface area contributed by atoms with Crippen molar-refractivity contribution in [1.82, 2.24) is 4.90 Å². The number of quaternary nitrogens is 1. The Labute approximate surface area is 178 Å². The highest BCUT2D eigenvalue weighted by atomic mass is 16.5. The second kappa shape index (κ2) is 10.6. The van der Waals surface area contributed by atoms with Crippen LogP contribution in [0.25, 0.3) is 0 Å². The van der Waals surface area contributed by atoms with E-state index in [0.29, 0.717) is 19.6 Å². The molecule has 0 aliphatic carbocycles. The molecule has 0 saturated carbocycles. The number of methoxy groups -OCH3 is 1. The first-order chi connectivity index (χ1) is 14.6. The van der Waals surface area contributed by atoms with Crippen molar-refractivity contribution in [2.45, 2.75) is 13.3 Å². The number of amides is 2. The van der Waals surface area contributed by atoms with Crippen molar-refractivity contribution in [3.8, 4) is 5.75 Å². The molecule has 1 fully saturated rings. The molecule has 3 N–H and O–H groups in total. The summed E-state index contributed by atoms with van der Waals surface area (Å²) in [5.41, 5.74) is 2.83. The van der Waals surface area contributed by atoms with Crippen LogP contribution in [0.5, 0.6) is 5.75 Å². The smallest absolute Gasteiger partial charge is 0.279 e. The molecular weight excluding hydrogens is 380 g/mol. The van der Waals surface area contributed by atoms with Gasteiger partial charge in [-0.3, -0.25) is 9.59 Å². The fraction of sp³-hybridized carbons (Fsp3) is 0.391. The Morgan fingerprint density at radius 2 is 1.70 bits per heavy atom. The molecule has 0 spiro atoms. The molecule has 1 saturated heterocycles. The average Bonchev–Trinajstić information content (AvgIpc) is 2.78. The van der Waals surface area contributed by atoms with Crippen molar-refractivity contribution in [3.05, 3.63) is 54.1 Å². The first kappa shape index (κ1) is 21.6. The van der Waals surface area contributed by atoms with Crippen LogP contribution in [0.3, 0.4) is 0 Å². The van der Waals surface area contributed by atoms with Crippen LogP contribution in [0.4, 0.5) is 11.4 Å². The molecule has 0 bridgehead atoms. The topological polar surface area (TPSA) is 75.1 Å². The minimum Gasteiger partial charge on any atom is -0.495 e. The Balaban J connectivity index is 1.43. The number of rotatable bonds is 8. The van der Waals surface area contributed by atoms with E-state index in [4.69, 9.17) is 4.74 Å². The molecule has 2 aromatic rings. The molecule has 0 atom stereocenters. The first-order valence-corrected chi connectivity index (χ1v) is 10.5. The predicted octanol–water partition coefficient (Wildman–Crippen LogP) is 1.04. The molecule has 2 amide bonds. The van der Waals surface area contributed by atoms with E-state index in [9.17, 15) is 9.59 Å². The van der Waals surface area contributed by atoms with Crippen molar-refractivity contribution in [2.75, 3.05) is 57.0 Å². The zero-order valence-electron chi connectivity index (χ0n) is 17.7. The van der Waals surface area contributed by atoms with Crippen LogP contribution < -0.4 is 20.3 Å². The maximum Gasteiger partial charge on any atom is 0.279 e. The standard InChI is InChI=1S/C23H30N4O3/c1-3-18-8-4-5-9-19(18)25-22(28)17-26-12-14-27(15-13-26)23(29)16-24-20-10-6-7-11-21(20)30-2/h4-11,24H,3,12-17H2,1-2H3,(H,25,28)/p+1. The van der Waals surface area contributed by atoms with E-state index in [1.54, 1.807) is 7.11 Å². The summed E-state index contributed by atoms with van der Waals surface area (Å²) < 4.78 is 5.30. The minimum absolute atomic E-state index is 0.0171. The van der Waals surface area contributed by atoms with Crippen molar-refractivity contribution >= 4 is 23.2 Å². The number of aryl methyl sites for hydroxylation is 1. The van der Waals surface area contributed by atoms with Crippen molar-refractivity contribution < 1.29 is 19.2 Å². The van der Waals surface area contributed by atoms with E-state index in [1.165, 1.54) is 4.90 Å². The molecule has 0 radical (unpaired) electrons. The van der Waals surface area contributed by atoms with Crippen LogP contribution in [-0.4, -0.2) is 63.1 Å². The third-order valence-electron chi connectivity index (χ3n) is 5.44. The van der Waals surface area contributed by atoms with Gasteiger partial charge in [0.25, 0.3) is 5.91 Å². The van der Waals surface area contributed by atoms with Crippen LogP contribution in [0.15, 0.2) is 48.5 Å². The Morgan fingerprint density at radius 3 is 2.40 bits per heavy atom. The lowest BCUT2D eigenvalue weighted by atomic mass is 10.1. The number of hydrogen-bond acceptors (Lipinski definition) is 4. The quantitative estimate of drug-likeness (QED) is 0.607. The van der Waals surface area contributed by atoms with Gasteiger partial charge in [-0.2, -0.15) is 0 Å². The Bertz CT molecular complexity index is 863. The molecule has 0 aromatic heterocycles. The zero-order chi connectivity index (χ0) is 21.3. The maximum absolute atomic E-state index is 12.5. The highest BCUT2D eigenvalue weighted by Crippen LogP contribution is 2.22. The molecular formula is C23H31N4O3+. The zero-order valence-corrected chi connectivity index (χ0v) is 17.7. The summed E-state index contributed by atoms with van der Waals surface area (Å²) in [7, 11) is 1.61. The molecule has 1 aliphatic heterocycles. The van der Waals surface area contributed by atoms with Crippen molar-refractivity contribution in [2.24, 2.45) is 0 Å². The van der Waals surface area contributed by atoms with Crippen LogP contribution in [0, 0.1) is 0 Å². The van der Waals surface area contributed by atoms with Crippen LogP contribution >= 0.6 is 0 Å². The summed E-state index contributed by atoms with van der Waals surface area (Å²) in [5, 5.41) is 6.19. The van der Waals surface area contributed by atoms with Gasteiger partial charge in [0.05, 0.1) is 45.5 Å². The van der Waals surface area contributed by atoms with Gasteiger partial charge in [-0.15, -0.1) is 0 Å². The van der Waals surface area contributed by atoms with Gasteiger partial charge in [-0.05, 0) is 30.2 Å². The predicted molar refractivity (Wildman–Crippen MR) is 118 cm³/mol. The lowest BCUT2D eigenvalue weighted by Gasteiger charge is -2.32. The van der Waals surface area contributed by atoms with Gasteiger partial charge in [0.1, 0.15) is 5.75 Å². The molecule has 1 heterocycles. The van der Waals surface area contributed by atoms with Gasteiger partial charge >= 0.3 is 0 Å². The first-order valence-electron chi connectivity index (χ1n) is 10.5. The third-order valence-corrected chi connectivity index (χ3v) is 5.44. The van der Waals surface area contributed by atoms with Gasteiger partial charge in [-0.1, -0.05) is 37.3 Å². The number of carbonyl (C=O) groups is 2. The second-order valence-corrected chi connectivity index (χ2v) is 7.42. The highest BCUT2D eigenvalue weighted by Gasteiger charge is 2.25. The number of anilines is 2. The average molecular weight is 412 g/mol. The summed E-state index contributed by atoms with van der Waals surface area (Å²) in [6, 6.07) is 15.4. The van der Waals surface area contributed by atoms with E-state index >= 15 is 0 Å². The molecule has 0 unspecified atom stereocenters. The lowest BCUT2D eigenvalue weighted by Crippen LogP contribution is -3.15. The maximum atomic E-state index is 12.5. The minimum atomic E-state index is 0.0171. The molecule has 2 aromatic carbocycles. The molecule has 3 rings (SSSR count). The monoisotopic (exact) mass is 411 g/mol. The van der Waals surface area contributed by atoms with Crippen molar-refractivity contribution in [3.63, 3.8) is 0 Å². The molecule has 7 nitrogen and oxygen atoms in total. The van der Waals surface area contributed by atoms with Gasteiger partial charge < -0.3 is 25.2 Å². The number of nitrogens with zero attached hydrogens (tertiary/aromatic N) is 1. The van der Waals surface area contributed by atoms with Gasteiger partial charge in [-0.25, -0.2) is 0 Å². The number of piperazine rings is 1. The van der Waals surface area contributed by atoms with E-state index < -0.39 is 0 Å². The fourth-order valence-corrected chi connectivity index (χ4v) is 3.69. The van der Waals surface area contributed by atoms with Crippen LogP contribution in [-0.2, 0) is 16.0 Å². The van der Waals surface area contributed by atoms with Gasteiger partial charge in [0.2, 0.25) is 5.91 Å². The Hall–Kier alpha value is -3.06. The number of benzene rings is 2.